The first-order chi connectivity index (χ1) is 6.72. The van der Waals surface area contributed by atoms with Crippen molar-refractivity contribution in [2.45, 2.75) is 33.6 Å². The number of pyridine rings is 1. The van der Waals surface area contributed by atoms with E-state index in [1.54, 1.807) is 0 Å². The first-order valence-corrected chi connectivity index (χ1v) is 5.16. The van der Waals surface area contributed by atoms with Crippen molar-refractivity contribution in [1.82, 2.24) is 9.38 Å². The van der Waals surface area contributed by atoms with Gasteiger partial charge in [0.2, 0.25) is 0 Å². The lowest BCUT2D eigenvalue weighted by atomic mass is 10.2. The molecule has 0 aliphatic heterocycles. The third-order valence-electron chi connectivity index (χ3n) is 2.51. The second-order valence-electron chi connectivity index (χ2n) is 3.87. The molecule has 0 saturated heterocycles. The number of aromatic nitrogens is 2. The van der Waals surface area contributed by atoms with Crippen LogP contribution < -0.4 is 0 Å². The second kappa shape index (κ2) is 3.45. The summed E-state index contributed by atoms with van der Waals surface area (Å²) in [6, 6.07) is 4.33. The maximum atomic E-state index is 4.42. The summed E-state index contributed by atoms with van der Waals surface area (Å²) in [5.41, 5.74) is 4.95. The summed E-state index contributed by atoms with van der Waals surface area (Å²) in [4.78, 5) is 4.42. The molecule has 0 unspecified atom stereocenters. The number of aryl methyl sites for hydroxylation is 3. The Balaban J connectivity index is 2.66. The fourth-order valence-electron chi connectivity index (χ4n) is 1.98. The first kappa shape index (κ1) is 9.25. The van der Waals surface area contributed by atoms with Gasteiger partial charge in [0.05, 0.1) is 0 Å². The molecule has 0 bridgehead atoms. The highest BCUT2D eigenvalue weighted by Crippen LogP contribution is 2.14. The molecular weight excluding hydrogens is 172 g/mol. The van der Waals surface area contributed by atoms with E-state index in [1.165, 1.54) is 23.4 Å². The van der Waals surface area contributed by atoms with Gasteiger partial charge in [0.15, 0.2) is 0 Å². The van der Waals surface area contributed by atoms with E-state index in [-0.39, 0.29) is 0 Å². The summed E-state index contributed by atoms with van der Waals surface area (Å²) < 4.78 is 2.25. The third-order valence-corrected chi connectivity index (χ3v) is 2.51. The summed E-state index contributed by atoms with van der Waals surface area (Å²) in [7, 11) is 0. The Kier molecular flexibility index (Phi) is 2.28. The van der Waals surface area contributed by atoms with Gasteiger partial charge in [0.25, 0.3) is 0 Å². The van der Waals surface area contributed by atoms with E-state index >= 15 is 0 Å². The molecule has 0 radical (unpaired) electrons. The Morgan fingerprint density at radius 2 is 2.07 bits per heavy atom. The fourth-order valence-corrected chi connectivity index (χ4v) is 1.98. The quantitative estimate of drug-likeness (QED) is 0.708. The van der Waals surface area contributed by atoms with Crippen molar-refractivity contribution in [3.63, 3.8) is 0 Å². The van der Waals surface area contributed by atoms with E-state index in [4.69, 9.17) is 0 Å². The van der Waals surface area contributed by atoms with Crippen molar-refractivity contribution in [2.24, 2.45) is 0 Å². The smallest absolute Gasteiger partial charge is 0.137 e. The molecular formula is C12H16N2. The van der Waals surface area contributed by atoms with Crippen molar-refractivity contribution in [3.05, 3.63) is 35.3 Å². The van der Waals surface area contributed by atoms with Gasteiger partial charge in [-0.25, -0.2) is 4.98 Å². The van der Waals surface area contributed by atoms with E-state index in [0.717, 1.165) is 12.1 Å². The number of hydrogen-bond acceptors (Lipinski definition) is 1. The largest absolute Gasteiger partial charge is 0.301 e. The fraction of sp³-hybridized carbons (Fsp3) is 0.417. The van der Waals surface area contributed by atoms with Crippen molar-refractivity contribution in [3.8, 4) is 0 Å². The minimum absolute atomic E-state index is 1.07. The summed E-state index contributed by atoms with van der Waals surface area (Å²) in [6.07, 6.45) is 4.26. The Labute approximate surface area is 84.6 Å². The first-order valence-electron chi connectivity index (χ1n) is 5.16. The molecule has 0 fully saturated rings. The highest BCUT2D eigenvalue weighted by Gasteiger charge is 2.04. The monoisotopic (exact) mass is 188 g/mol. The van der Waals surface area contributed by atoms with Crippen molar-refractivity contribution in [1.29, 1.82) is 0 Å². The van der Waals surface area contributed by atoms with Crippen LogP contribution in [0.5, 0.6) is 0 Å². The van der Waals surface area contributed by atoms with Crippen LogP contribution in [0.25, 0.3) is 5.65 Å². The van der Waals surface area contributed by atoms with Crippen LogP contribution in [0.1, 0.15) is 30.3 Å². The highest BCUT2D eigenvalue weighted by molar-refractivity contribution is 5.45. The molecule has 2 heteroatoms. The van der Waals surface area contributed by atoms with Gasteiger partial charge in [0.1, 0.15) is 5.65 Å². The lowest BCUT2D eigenvalue weighted by Crippen LogP contribution is -1.97. The molecule has 0 spiro atoms. The Morgan fingerprint density at radius 3 is 2.79 bits per heavy atom. The van der Waals surface area contributed by atoms with Gasteiger partial charge in [-0.2, -0.15) is 0 Å². The third kappa shape index (κ3) is 1.41. The number of hydrogen-bond donors (Lipinski definition) is 0. The van der Waals surface area contributed by atoms with Gasteiger partial charge in [-0.3, -0.25) is 0 Å². The van der Waals surface area contributed by atoms with Gasteiger partial charge in [-0.1, -0.05) is 13.3 Å². The van der Waals surface area contributed by atoms with Crippen LogP contribution in [0.4, 0.5) is 0 Å². The van der Waals surface area contributed by atoms with E-state index < -0.39 is 0 Å². The van der Waals surface area contributed by atoms with E-state index in [2.05, 4.69) is 42.3 Å². The van der Waals surface area contributed by atoms with E-state index in [1.807, 2.05) is 6.20 Å². The molecule has 0 atom stereocenters. The maximum absolute atomic E-state index is 4.42. The van der Waals surface area contributed by atoms with Crippen molar-refractivity contribution in [2.75, 3.05) is 0 Å². The van der Waals surface area contributed by atoms with Gasteiger partial charge in [-0.15, -0.1) is 0 Å². The number of rotatable bonds is 2. The minimum Gasteiger partial charge on any atom is -0.301 e. The molecule has 2 aromatic rings. The SMILES string of the molecule is CCCc1cnc2cc(C)cc(C)n12. The Morgan fingerprint density at radius 1 is 1.29 bits per heavy atom. The minimum atomic E-state index is 1.07. The zero-order valence-corrected chi connectivity index (χ0v) is 9.04. The molecule has 2 rings (SSSR count). The van der Waals surface area contributed by atoms with Crippen LogP contribution in [0.3, 0.4) is 0 Å². The molecule has 0 saturated carbocycles. The molecule has 74 valence electrons. The zero-order chi connectivity index (χ0) is 10.1. The molecule has 0 amide bonds. The molecule has 0 aliphatic carbocycles. The Hall–Kier alpha value is -1.31. The van der Waals surface area contributed by atoms with Crippen LogP contribution in [-0.4, -0.2) is 9.38 Å². The molecule has 0 aliphatic rings. The van der Waals surface area contributed by atoms with Gasteiger partial charge in [0, 0.05) is 17.6 Å². The lowest BCUT2D eigenvalue weighted by molar-refractivity contribution is 0.855. The van der Waals surface area contributed by atoms with E-state index in [9.17, 15) is 0 Å². The average molecular weight is 188 g/mol. The summed E-state index contributed by atoms with van der Waals surface area (Å²) >= 11 is 0. The topological polar surface area (TPSA) is 17.3 Å². The molecule has 2 nitrogen and oxygen atoms in total. The molecule has 0 aromatic carbocycles. The number of nitrogens with zero attached hydrogens (tertiary/aromatic N) is 2. The second-order valence-corrected chi connectivity index (χ2v) is 3.87. The molecule has 14 heavy (non-hydrogen) atoms. The van der Waals surface area contributed by atoms with Crippen LogP contribution in [-0.2, 0) is 6.42 Å². The van der Waals surface area contributed by atoms with Gasteiger partial charge < -0.3 is 4.40 Å². The zero-order valence-electron chi connectivity index (χ0n) is 9.04. The average Bonchev–Trinajstić information content (AvgIpc) is 2.49. The predicted molar refractivity (Wildman–Crippen MR) is 58.7 cm³/mol. The van der Waals surface area contributed by atoms with Crippen molar-refractivity contribution < 1.29 is 0 Å². The molecule has 0 N–H and O–H groups in total. The summed E-state index contributed by atoms with van der Waals surface area (Å²) in [6.45, 7) is 6.45. The lowest BCUT2D eigenvalue weighted by Gasteiger charge is -2.05. The summed E-state index contributed by atoms with van der Waals surface area (Å²) in [5.74, 6) is 0. The van der Waals surface area contributed by atoms with E-state index in [0.29, 0.717) is 0 Å². The number of imidazole rings is 1. The van der Waals surface area contributed by atoms with Gasteiger partial charge >= 0.3 is 0 Å². The Bertz CT molecular complexity index is 455. The number of fused-ring (bicyclic) bond motifs is 1. The normalized spacial score (nSPS) is 11.1. The van der Waals surface area contributed by atoms with Crippen molar-refractivity contribution >= 4 is 5.65 Å². The maximum Gasteiger partial charge on any atom is 0.137 e. The molecule has 2 aromatic heterocycles. The van der Waals surface area contributed by atoms with Crippen LogP contribution in [0, 0.1) is 13.8 Å². The predicted octanol–water partition coefficient (Wildman–Crippen LogP) is 2.90. The van der Waals surface area contributed by atoms with Crippen LogP contribution >= 0.6 is 0 Å². The van der Waals surface area contributed by atoms with Gasteiger partial charge in [-0.05, 0) is 38.0 Å². The standard InChI is InChI=1S/C12H16N2/c1-4-5-11-8-13-12-7-9(2)6-10(3)14(11)12/h6-8H,4-5H2,1-3H3. The highest BCUT2D eigenvalue weighted by atomic mass is 15.0. The summed E-state index contributed by atoms with van der Waals surface area (Å²) in [5, 5.41) is 0. The van der Waals surface area contributed by atoms with Crippen LogP contribution in [0.2, 0.25) is 0 Å². The van der Waals surface area contributed by atoms with Crippen LogP contribution in [0.15, 0.2) is 18.3 Å². The molecule has 2 heterocycles.